The molecule has 3 N–H and O–H groups in total. The van der Waals surface area contributed by atoms with Gasteiger partial charge in [-0.05, 0) is 6.07 Å². The van der Waals surface area contributed by atoms with Crippen molar-refractivity contribution in [1.82, 2.24) is 14.5 Å². The fourth-order valence-electron chi connectivity index (χ4n) is 2.46. The van der Waals surface area contributed by atoms with Gasteiger partial charge in [0.1, 0.15) is 17.8 Å². The van der Waals surface area contributed by atoms with Crippen LogP contribution in [0.5, 0.6) is 0 Å². The second kappa shape index (κ2) is 5.20. The maximum Gasteiger partial charge on any atom is 0.229 e. The Labute approximate surface area is 132 Å². The molecule has 7 nitrogen and oxygen atoms in total. The Morgan fingerprint density at radius 3 is 2.70 bits per heavy atom. The highest BCUT2D eigenvalue weighted by Crippen LogP contribution is 2.35. The van der Waals surface area contributed by atoms with Gasteiger partial charge >= 0.3 is 0 Å². The molecular formula is C14H14FN5O2S. The van der Waals surface area contributed by atoms with Crippen molar-refractivity contribution in [3.8, 4) is 11.1 Å². The number of nitrogens with one attached hydrogen (secondary N) is 1. The Balaban J connectivity index is 2.26. The van der Waals surface area contributed by atoms with E-state index in [1.807, 2.05) is 0 Å². The predicted octanol–water partition coefficient (Wildman–Crippen LogP) is 1.73. The number of benzene rings is 1. The number of aromatic nitrogens is 3. The lowest BCUT2D eigenvalue weighted by Gasteiger charge is -2.09. The first kappa shape index (κ1) is 15.2. The summed E-state index contributed by atoms with van der Waals surface area (Å²) < 4.78 is 41.3. The second-order valence-corrected chi connectivity index (χ2v) is 6.90. The molecule has 0 amide bonds. The lowest BCUT2D eigenvalue weighted by Crippen LogP contribution is -2.11. The van der Waals surface area contributed by atoms with Crippen molar-refractivity contribution in [2.75, 3.05) is 16.7 Å². The van der Waals surface area contributed by atoms with Crippen LogP contribution in [0.1, 0.15) is 0 Å². The van der Waals surface area contributed by atoms with E-state index in [0.29, 0.717) is 16.6 Å². The molecule has 0 saturated heterocycles. The molecule has 0 radical (unpaired) electrons. The highest BCUT2D eigenvalue weighted by Gasteiger charge is 2.18. The Morgan fingerprint density at radius 1 is 1.26 bits per heavy atom. The van der Waals surface area contributed by atoms with E-state index in [4.69, 9.17) is 5.73 Å². The standard InChI is InChI=1S/C14H14FN5O2S/c1-20-6-9(11-13(16)17-7-18-14(11)20)8-4-3-5-10(12(8)15)19-23(2,21)22/h3-7,19H,1-2H3,(H2,16,17,18). The van der Waals surface area contributed by atoms with Gasteiger partial charge in [-0.25, -0.2) is 22.8 Å². The molecule has 2 aromatic heterocycles. The first-order valence-electron chi connectivity index (χ1n) is 6.60. The van der Waals surface area contributed by atoms with E-state index < -0.39 is 15.8 Å². The zero-order chi connectivity index (χ0) is 16.8. The van der Waals surface area contributed by atoms with Crippen LogP contribution in [-0.2, 0) is 17.1 Å². The average Bonchev–Trinajstić information content (AvgIpc) is 2.79. The monoisotopic (exact) mass is 335 g/mol. The third kappa shape index (κ3) is 2.70. The zero-order valence-corrected chi connectivity index (χ0v) is 13.2. The summed E-state index contributed by atoms with van der Waals surface area (Å²) in [6, 6.07) is 4.46. The van der Waals surface area contributed by atoms with Crippen LogP contribution in [0.3, 0.4) is 0 Å². The minimum Gasteiger partial charge on any atom is -0.383 e. The van der Waals surface area contributed by atoms with Gasteiger partial charge in [-0.1, -0.05) is 12.1 Å². The number of hydrogen-bond donors (Lipinski definition) is 2. The summed E-state index contributed by atoms with van der Waals surface area (Å²) >= 11 is 0. The highest BCUT2D eigenvalue weighted by atomic mass is 32.2. The molecule has 3 rings (SSSR count). The van der Waals surface area contributed by atoms with Crippen LogP contribution in [0.4, 0.5) is 15.9 Å². The largest absolute Gasteiger partial charge is 0.383 e. The maximum absolute atomic E-state index is 14.7. The van der Waals surface area contributed by atoms with Gasteiger partial charge in [0, 0.05) is 24.4 Å². The average molecular weight is 335 g/mol. The molecular weight excluding hydrogens is 321 g/mol. The summed E-state index contributed by atoms with van der Waals surface area (Å²) in [6.45, 7) is 0. The van der Waals surface area contributed by atoms with Crippen LogP contribution in [0.2, 0.25) is 0 Å². The lowest BCUT2D eigenvalue weighted by atomic mass is 10.0. The molecule has 0 aliphatic rings. The number of rotatable bonds is 3. The summed E-state index contributed by atoms with van der Waals surface area (Å²) in [5.41, 5.74) is 7.04. The van der Waals surface area contributed by atoms with E-state index >= 15 is 0 Å². The molecule has 0 aliphatic carbocycles. The molecule has 0 spiro atoms. The van der Waals surface area contributed by atoms with Gasteiger partial charge in [-0.3, -0.25) is 4.72 Å². The Bertz CT molecular complexity index is 1010. The molecule has 120 valence electrons. The zero-order valence-electron chi connectivity index (χ0n) is 12.4. The number of hydrogen-bond acceptors (Lipinski definition) is 5. The van der Waals surface area contributed by atoms with E-state index in [9.17, 15) is 12.8 Å². The summed E-state index contributed by atoms with van der Waals surface area (Å²) in [4.78, 5) is 8.07. The van der Waals surface area contributed by atoms with Crippen molar-refractivity contribution in [1.29, 1.82) is 0 Å². The Hall–Kier alpha value is -2.68. The Kier molecular flexibility index (Phi) is 3.44. The quantitative estimate of drug-likeness (QED) is 0.759. The lowest BCUT2D eigenvalue weighted by molar-refractivity contribution is 0.604. The highest BCUT2D eigenvalue weighted by molar-refractivity contribution is 7.92. The SMILES string of the molecule is Cn1cc(-c2cccc(NS(C)(=O)=O)c2F)c2c(N)ncnc21. The van der Waals surface area contributed by atoms with Crippen molar-refractivity contribution < 1.29 is 12.8 Å². The van der Waals surface area contributed by atoms with Crippen LogP contribution in [0, 0.1) is 5.82 Å². The number of anilines is 2. The summed E-state index contributed by atoms with van der Waals surface area (Å²) in [7, 11) is -1.83. The fraction of sp³-hybridized carbons (Fsp3) is 0.143. The molecule has 0 bridgehead atoms. The number of aryl methyl sites for hydroxylation is 1. The van der Waals surface area contributed by atoms with Gasteiger partial charge in [0.25, 0.3) is 0 Å². The van der Waals surface area contributed by atoms with Crippen LogP contribution < -0.4 is 10.5 Å². The molecule has 0 saturated carbocycles. The van der Waals surface area contributed by atoms with Crippen molar-refractivity contribution in [3.05, 3.63) is 36.5 Å². The number of fused-ring (bicyclic) bond motifs is 1. The first-order valence-corrected chi connectivity index (χ1v) is 8.49. The van der Waals surface area contributed by atoms with Gasteiger partial charge in [0.2, 0.25) is 10.0 Å². The van der Waals surface area contributed by atoms with Gasteiger partial charge in [-0.15, -0.1) is 0 Å². The number of halogens is 1. The number of nitrogen functional groups attached to an aromatic ring is 1. The van der Waals surface area contributed by atoms with Crippen molar-refractivity contribution in [2.45, 2.75) is 0 Å². The third-order valence-corrected chi connectivity index (χ3v) is 3.96. The topological polar surface area (TPSA) is 103 Å². The Morgan fingerprint density at radius 2 is 2.00 bits per heavy atom. The number of nitrogens with two attached hydrogens (primary N) is 1. The van der Waals surface area contributed by atoms with Gasteiger partial charge < -0.3 is 10.3 Å². The molecule has 0 aliphatic heterocycles. The summed E-state index contributed by atoms with van der Waals surface area (Å²) in [5.74, 6) is -0.458. The minimum atomic E-state index is -3.59. The van der Waals surface area contributed by atoms with Crippen molar-refractivity contribution >= 4 is 32.6 Å². The van der Waals surface area contributed by atoms with E-state index in [0.717, 1.165) is 6.26 Å². The molecule has 0 fully saturated rings. The molecule has 23 heavy (non-hydrogen) atoms. The van der Waals surface area contributed by atoms with Crippen LogP contribution in [-0.4, -0.2) is 29.2 Å². The molecule has 3 aromatic rings. The van der Waals surface area contributed by atoms with Crippen LogP contribution >= 0.6 is 0 Å². The van der Waals surface area contributed by atoms with E-state index in [1.54, 1.807) is 29.9 Å². The molecule has 2 heterocycles. The number of sulfonamides is 1. The first-order chi connectivity index (χ1) is 10.8. The summed E-state index contributed by atoms with van der Waals surface area (Å²) in [6.07, 6.45) is 3.97. The fourth-order valence-corrected chi connectivity index (χ4v) is 3.01. The van der Waals surface area contributed by atoms with Crippen LogP contribution in [0.15, 0.2) is 30.7 Å². The normalized spacial score (nSPS) is 11.8. The predicted molar refractivity (Wildman–Crippen MR) is 86.8 cm³/mol. The molecule has 0 unspecified atom stereocenters. The summed E-state index contributed by atoms with van der Waals surface area (Å²) in [5, 5.41) is 0.519. The van der Waals surface area contributed by atoms with Crippen molar-refractivity contribution in [2.24, 2.45) is 7.05 Å². The van der Waals surface area contributed by atoms with Gasteiger partial charge in [0.05, 0.1) is 17.3 Å². The maximum atomic E-state index is 14.7. The smallest absolute Gasteiger partial charge is 0.229 e. The minimum absolute atomic E-state index is 0.127. The molecule has 1 aromatic carbocycles. The van der Waals surface area contributed by atoms with Crippen LogP contribution in [0.25, 0.3) is 22.2 Å². The third-order valence-electron chi connectivity index (χ3n) is 3.37. The second-order valence-electron chi connectivity index (χ2n) is 5.15. The van der Waals surface area contributed by atoms with E-state index in [-0.39, 0.29) is 17.1 Å². The number of nitrogens with zero attached hydrogens (tertiary/aromatic N) is 3. The van der Waals surface area contributed by atoms with Gasteiger partial charge in [-0.2, -0.15) is 0 Å². The van der Waals surface area contributed by atoms with E-state index in [1.165, 1.54) is 12.4 Å². The van der Waals surface area contributed by atoms with Gasteiger partial charge in [0.15, 0.2) is 5.82 Å². The van der Waals surface area contributed by atoms with E-state index in [2.05, 4.69) is 14.7 Å². The van der Waals surface area contributed by atoms with Crippen molar-refractivity contribution in [3.63, 3.8) is 0 Å². The molecule has 0 atom stereocenters. The molecule has 9 heteroatoms.